The van der Waals surface area contributed by atoms with E-state index in [1.54, 1.807) is 6.07 Å². The van der Waals surface area contributed by atoms with Crippen molar-refractivity contribution in [3.8, 4) is 22.3 Å². The van der Waals surface area contributed by atoms with Gasteiger partial charge in [0.05, 0.1) is 11.9 Å². The molecular weight excluding hydrogens is 399 g/mol. The molecule has 0 radical (unpaired) electrons. The standard InChI is InChI=1S/C24H24ClFN4/c1-2-19-22(21(27)14-28-23(19)25)20-12-18(13-29-24(20)26)17-8-6-16(7-9-17)15-30-10-4-3-5-11-30/h2,6-9,12-14H,1,3-5,10-11,15,27H2. The largest absolute Gasteiger partial charge is 0.397 e. The minimum atomic E-state index is -0.613. The van der Waals surface area contributed by atoms with Crippen LogP contribution in [0.25, 0.3) is 28.3 Å². The average Bonchev–Trinajstić information content (AvgIpc) is 2.77. The molecule has 6 heteroatoms. The Morgan fingerprint density at radius 3 is 2.50 bits per heavy atom. The van der Waals surface area contributed by atoms with E-state index in [-0.39, 0.29) is 10.7 Å². The van der Waals surface area contributed by atoms with Gasteiger partial charge in [-0.1, -0.05) is 54.9 Å². The van der Waals surface area contributed by atoms with Gasteiger partial charge in [-0.15, -0.1) is 0 Å². The summed E-state index contributed by atoms with van der Waals surface area (Å²) < 4.78 is 14.7. The third-order valence-electron chi connectivity index (χ3n) is 5.55. The maximum Gasteiger partial charge on any atom is 0.220 e. The Kier molecular flexibility index (Phi) is 6.11. The maximum atomic E-state index is 14.7. The summed E-state index contributed by atoms with van der Waals surface area (Å²) in [7, 11) is 0. The Hall–Kier alpha value is -2.76. The number of hydrogen-bond acceptors (Lipinski definition) is 4. The van der Waals surface area contributed by atoms with E-state index in [4.69, 9.17) is 17.3 Å². The van der Waals surface area contributed by atoms with Crippen molar-refractivity contribution in [2.24, 2.45) is 0 Å². The molecule has 4 nitrogen and oxygen atoms in total. The van der Waals surface area contributed by atoms with Crippen LogP contribution in [0.1, 0.15) is 30.4 Å². The molecule has 0 aliphatic carbocycles. The number of pyridine rings is 2. The predicted octanol–water partition coefficient (Wildman–Crippen LogP) is 5.81. The lowest BCUT2D eigenvalue weighted by molar-refractivity contribution is 0.221. The Balaban J connectivity index is 1.66. The number of hydrogen-bond donors (Lipinski definition) is 1. The molecule has 2 N–H and O–H groups in total. The van der Waals surface area contributed by atoms with Crippen LogP contribution >= 0.6 is 11.6 Å². The Labute approximate surface area is 181 Å². The summed E-state index contributed by atoms with van der Waals surface area (Å²) in [6.45, 7) is 7.04. The topological polar surface area (TPSA) is 55.0 Å². The normalized spacial score (nSPS) is 14.6. The molecule has 3 aromatic rings. The molecule has 0 atom stereocenters. The molecule has 3 heterocycles. The first-order valence-electron chi connectivity index (χ1n) is 10.1. The molecule has 1 aliphatic heterocycles. The van der Waals surface area contributed by atoms with Gasteiger partial charge in [0.1, 0.15) is 5.15 Å². The van der Waals surface area contributed by atoms with Crippen molar-refractivity contribution in [1.29, 1.82) is 0 Å². The number of aromatic nitrogens is 2. The van der Waals surface area contributed by atoms with Gasteiger partial charge >= 0.3 is 0 Å². The fourth-order valence-electron chi connectivity index (χ4n) is 3.97. The summed E-state index contributed by atoms with van der Waals surface area (Å²) >= 11 is 6.17. The minimum Gasteiger partial charge on any atom is -0.397 e. The lowest BCUT2D eigenvalue weighted by Crippen LogP contribution is -2.28. The number of rotatable bonds is 5. The van der Waals surface area contributed by atoms with Crippen molar-refractivity contribution in [1.82, 2.24) is 14.9 Å². The first-order chi connectivity index (χ1) is 14.6. The van der Waals surface area contributed by atoms with Crippen LogP contribution in [0.15, 0.2) is 49.3 Å². The van der Waals surface area contributed by atoms with Gasteiger partial charge in [-0.2, -0.15) is 4.39 Å². The summed E-state index contributed by atoms with van der Waals surface area (Å²) in [5, 5.41) is 0.223. The van der Waals surface area contributed by atoms with Gasteiger partial charge in [0.2, 0.25) is 5.95 Å². The van der Waals surface area contributed by atoms with E-state index in [1.807, 2.05) is 0 Å². The summed E-state index contributed by atoms with van der Waals surface area (Å²) in [6.07, 6.45) is 8.36. The molecule has 4 rings (SSSR count). The molecule has 0 amide bonds. The lowest BCUT2D eigenvalue weighted by Gasteiger charge is -2.26. The van der Waals surface area contributed by atoms with E-state index < -0.39 is 5.95 Å². The highest BCUT2D eigenvalue weighted by Gasteiger charge is 2.17. The van der Waals surface area contributed by atoms with Crippen molar-refractivity contribution in [3.63, 3.8) is 0 Å². The first-order valence-corrected chi connectivity index (χ1v) is 10.5. The second-order valence-electron chi connectivity index (χ2n) is 7.59. The van der Waals surface area contributed by atoms with E-state index in [9.17, 15) is 4.39 Å². The zero-order valence-electron chi connectivity index (χ0n) is 16.7. The first kappa shape index (κ1) is 20.5. The summed E-state index contributed by atoms with van der Waals surface area (Å²) in [5.41, 5.74) is 10.7. The van der Waals surface area contributed by atoms with Crippen LogP contribution in [-0.2, 0) is 6.54 Å². The minimum absolute atomic E-state index is 0.223. The van der Waals surface area contributed by atoms with Crippen LogP contribution in [-0.4, -0.2) is 28.0 Å². The summed E-state index contributed by atoms with van der Waals surface area (Å²) in [5.74, 6) is -0.613. The molecule has 154 valence electrons. The third kappa shape index (κ3) is 4.23. The molecular formula is C24H24ClFN4. The quantitative estimate of drug-likeness (QED) is 0.527. The van der Waals surface area contributed by atoms with Crippen LogP contribution in [0.2, 0.25) is 5.15 Å². The Morgan fingerprint density at radius 2 is 1.80 bits per heavy atom. The van der Waals surface area contributed by atoms with E-state index >= 15 is 0 Å². The molecule has 0 saturated carbocycles. The predicted molar refractivity (Wildman–Crippen MR) is 122 cm³/mol. The molecule has 2 aromatic heterocycles. The number of benzene rings is 1. The Bertz CT molecular complexity index is 1060. The maximum absolute atomic E-state index is 14.7. The van der Waals surface area contributed by atoms with Gasteiger partial charge < -0.3 is 5.73 Å². The zero-order valence-corrected chi connectivity index (χ0v) is 17.5. The lowest BCUT2D eigenvalue weighted by atomic mass is 9.97. The van der Waals surface area contributed by atoms with Crippen LogP contribution in [0.3, 0.4) is 0 Å². The number of likely N-dealkylation sites (tertiary alicyclic amines) is 1. The molecule has 1 fully saturated rings. The van der Waals surface area contributed by atoms with E-state index in [1.165, 1.54) is 43.3 Å². The molecule has 0 unspecified atom stereocenters. The van der Waals surface area contributed by atoms with Crippen molar-refractivity contribution < 1.29 is 4.39 Å². The number of nitrogen functional groups attached to an aromatic ring is 1. The van der Waals surface area contributed by atoms with E-state index in [0.29, 0.717) is 16.8 Å². The Morgan fingerprint density at radius 1 is 1.07 bits per heavy atom. The highest BCUT2D eigenvalue weighted by Crippen LogP contribution is 2.36. The molecule has 0 spiro atoms. The van der Waals surface area contributed by atoms with Crippen molar-refractivity contribution in [2.75, 3.05) is 18.8 Å². The van der Waals surface area contributed by atoms with E-state index in [0.717, 1.165) is 30.8 Å². The number of nitrogens with two attached hydrogens (primary N) is 1. The number of anilines is 1. The second-order valence-corrected chi connectivity index (χ2v) is 7.95. The fourth-order valence-corrected chi connectivity index (χ4v) is 4.19. The van der Waals surface area contributed by atoms with Crippen molar-refractivity contribution in [2.45, 2.75) is 25.8 Å². The average molecular weight is 423 g/mol. The molecule has 0 bridgehead atoms. The fraction of sp³-hybridized carbons (Fsp3) is 0.250. The number of halogens is 2. The molecule has 1 saturated heterocycles. The molecule has 1 aliphatic rings. The monoisotopic (exact) mass is 422 g/mol. The number of nitrogens with zero attached hydrogens (tertiary/aromatic N) is 3. The van der Waals surface area contributed by atoms with Gasteiger partial charge in [0, 0.05) is 35.0 Å². The van der Waals surface area contributed by atoms with Crippen molar-refractivity contribution >= 4 is 23.4 Å². The van der Waals surface area contributed by atoms with Crippen LogP contribution in [0, 0.1) is 5.95 Å². The van der Waals surface area contributed by atoms with Gasteiger partial charge in [0.25, 0.3) is 0 Å². The van der Waals surface area contributed by atoms with Crippen molar-refractivity contribution in [3.05, 3.63) is 71.5 Å². The zero-order chi connectivity index (χ0) is 21.1. The van der Waals surface area contributed by atoms with Gasteiger partial charge in [-0.25, -0.2) is 9.97 Å². The summed E-state index contributed by atoms with van der Waals surface area (Å²) in [4.78, 5) is 10.5. The van der Waals surface area contributed by atoms with Gasteiger partial charge in [-0.3, -0.25) is 4.90 Å². The third-order valence-corrected chi connectivity index (χ3v) is 5.85. The highest BCUT2D eigenvalue weighted by molar-refractivity contribution is 6.31. The summed E-state index contributed by atoms with van der Waals surface area (Å²) in [6, 6.07) is 10.1. The SMILES string of the molecule is C=Cc1c(Cl)ncc(N)c1-c1cc(-c2ccc(CN3CCCCC3)cc2)cnc1F. The smallest absolute Gasteiger partial charge is 0.220 e. The molecule has 1 aromatic carbocycles. The van der Waals surface area contributed by atoms with Gasteiger partial charge in [0.15, 0.2) is 0 Å². The van der Waals surface area contributed by atoms with Crippen LogP contribution in [0.4, 0.5) is 10.1 Å². The van der Waals surface area contributed by atoms with Crippen LogP contribution in [0.5, 0.6) is 0 Å². The number of piperidine rings is 1. The second kappa shape index (κ2) is 8.94. The van der Waals surface area contributed by atoms with Gasteiger partial charge in [-0.05, 0) is 43.1 Å². The van der Waals surface area contributed by atoms with Crippen LogP contribution < -0.4 is 5.73 Å². The van der Waals surface area contributed by atoms with E-state index in [2.05, 4.69) is 45.7 Å². The highest BCUT2D eigenvalue weighted by atomic mass is 35.5. The molecule has 30 heavy (non-hydrogen) atoms.